The number of rotatable bonds is 58. The number of methoxy groups -OCH3 is 11. The lowest BCUT2D eigenvalue weighted by atomic mass is 9.94. The molecule has 0 aromatic heterocycles. The van der Waals surface area contributed by atoms with Crippen LogP contribution in [0, 0.1) is 0 Å². The zero-order chi connectivity index (χ0) is 95.7. The highest BCUT2D eigenvalue weighted by Gasteiger charge is 2.63. The van der Waals surface area contributed by atoms with Gasteiger partial charge in [0, 0.05) is 78.2 Å². The molecule has 7 fully saturated rings. The molecule has 0 aromatic carbocycles. The average Bonchev–Trinajstić information content (AvgIpc) is 0.754. The van der Waals surface area contributed by atoms with Gasteiger partial charge in [-0.05, 0) is 6.92 Å². The van der Waals surface area contributed by atoms with E-state index in [0.29, 0.717) is 0 Å². The van der Waals surface area contributed by atoms with Crippen LogP contribution in [0.25, 0.3) is 0 Å². The van der Waals surface area contributed by atoms with Crippen LogP contribution in [0.5, 0.6) is 0 Å². The molecule has 7 aliphatic heterocycles. The van der Waals surface area contributed by atoms with Crippen LogP contribution in [-0.2, 0) is 255 Å². The zero-order valence-corrected chi connectivity index (χ0v) is 76.0. The van der Waals surface area contributed by atoms with Crippen LogP contribution in [0.15, 0.2) is 0 Å². The lowest BCUT2D eigenvalue weighted by Crippen LogP contribution is -2.69. The molecular weight excluding hydrogens is 2010 g/mol. The Morgan fingerprint density at radius 1 is 0.264 bits per heavy atom. The van der Waals surface area contributed by atoms with Crippen LogP contribution < -0.4 is 21.0 Å². The maximum absolute atomic E-state index is 13.1. The van der Waals surface area contributed by atoms with E-state index in [4.69, 9.17) is 139 Å². The molecule has 1 N–H and O–H groups in total. The number of hydrogen-bond donors (Lipinski definition) is 1. The SMILES string of the molecule is COCC1O[C@@H](O[C@@H]2C(COC)O[C@@H](O[C@@H]3C(COC)O[C@@H](C)C(OC)[C@H]3OC)C(OC)[C@H]2OC)C(OC)C(OC)[C@@H]1O[C@H]1OC(COS(=O)(=O)[O-])[C@@H](O[C@@H]2OC(COSOO[O-])[C@@H](O[C@@H]3OC(COSOO[O-])[C@@H](O[C@@H]4OC(COSOO[O-])[C@@H](OSOO[O-])[C@H](OS(=O)(=O)[O-])C4OS(=O)(=O)[O-])[C@H](O)C3OS(=O)(=O)[O-])[C@H](OS(=O)(=O)[O-])C2OS(=O)(=O)[O-])C(OC)C1OC. The molecule has 7 rings (SSSR count). The zero-order valence-electron chi connectivity index (χ0n) is 67.8. The molecule has 762 valence electrons. The van der Waals surface area contributed by atoms with Gasteiger partial charge in [0.05, 0.1) is 52.4 Å². The van der Waals surface area contributed by atoms with Crippen LogP contribution in [0.1, 0.15) is 6.92 Å². The summed E-state index contributed by atoms with van der Waals surface area (Å²) in [5.41, 5.74) is 0. The molecule has 65 nitrogen and oxygen atoms in total. The van der Waals surface area contributed by atoms with Gasteiger partial charge in [-0.1, -0.05) is 0 Å². The third kappa shape index (κ3) is 33.9. The van der Waals surface area contributed by atoms with Crippen LogP contribution in [0.2, 0.25) is 0 Å². The topological polar surface area (TPSA) is 843 Å². The highest BCUT2D eigenvalue weighted by Crippen LogP contribution is 2.44. The van der Waals surface area contributed by atoms with E-state index in [1.807, 2.05) is 0 Å². The van der Waals surface area contributed by atoms with E-state index in [9.17, 15) is 104 Å². The van der Waals surface area contributed by atoms with E-state index in [2.05, 4.69) is 54.2 Å². The van der Waals surface area contributed by atoms with E-state index in [0.717, 1.165) is 14.2 Å². The smallest absolute Gasteiger partial charge is 0.218 e. The molecule has 0 aliphatic carbocycles. The van der Waals surface area contributed by atoms with Gasteiger partial charge in [-0.3, -0.25) is 62.0 Å². The molecule has 0 bridgehead atoms. The molecule has 35 atom stereocenters. The largest absolute Gasteiger partial charge is 0.726 e. The summed E-state index contributed by atoms with van der Waals surface area (Å²) >= 11 is -1.98. The van der Waals surface area contributed by atoms with Crippen LogP contribution in [0.4, 0.5) is 0 Å². The van der Waals surface area contributed by atoms with Crippen molar-refractivity contribution in [3.63, 3.8) is 0 Å². The van der Waals surface area contributed by atoms with E-state index in [1.54, 1.807) is 6.92 Å². The van der Waals surface area contributed by atoms with Gasteiger partial charge in [0.25, 0.3) is 0 Å². The second-order valence-electron chi connectivity index (χ2n) is 26.5. The van der Waals surface area contributed by atoms with Gasteiger partial charge >= 0.3 is 0 Å². The number of hydrogen-bond acceptors (Lipinski definition) is 69. The molecule has 16 unspecified atom stereocenters. The first-order valence-electron chi connectivity index (χ1n) is 35.6. The summed E-state index contributed by atoms with van der Waals surface area (Å²) in [6.45, 7) is -4.83. The fraction of sp³-hybridized carbons (Fsp3) is 1.00. The van der Waals surface area contributed by atoms with Gasteiger partial charge in [-0.25, -0.2) is 50.5 Å². The second-order valence-corrected chi connectivity index (χ2v) is 34.6. The Balaban J connectivity index is 1.29. The molecule has 7 heterocycles. The summed E-state index contributed by atoms with van der Waals surface area (Å²) in [5, 5.41) is 68.2. The summed E-state index contributed by atoms with van der Waals surface area (Å²) in [7, 11) is -24.7. The molecule has 7 aliphatic rings. The van der Waals surface area contributed by atoms with Gasteiger partial charge in [0.1, 0.15) is 153 Å². The van der Waals surface area contributed by atoms with Crippen LogP contribution in [0.3, 0.4) is 0 Å². The molecule has 75 heteroatoms. The predicted molar refractivity (Wildman–Crippen MR) is 374 cm³/mol. The predicted octanol–water partition coefficient (Wildman–Crippen LogP) is -11.9. The van der Waals surface area contributed by atoms with E-state index in [1.165, 1.54) is 64.0 Å². The lowest BCUT2D eigenvalue weighted by molar-refractivity contribution is -0.777. The Morgan fingerprint density at radius 2 is 0.504 bits per heavy atom. The van der Waals surface area contributed by atoms with Crippen molar-refractivity contribution >= 4 is 112 Å². The minimum Gasteiger partial charge on any atom is -0.726 e. The van der Waals surface area contributed by atoms with Crippen molar-refractivity contribution in [1.82, 2.24) is 0 Å². The van der Waals surface area contributed by atoms with Crippen molar-refractivity contribution in [2.75, 3.05) is 124 Å². The van der Waals surface area contributed by atoms with Crippen molar-refractivity contribution in [3.05, 3.63) is 0 Å². The summed E-state index contributed by atoms with van der Waals surface area (Å²) in [6.07, 6.45) is -73.4. The molecule has 0 spiro atoms. The summed E-state index contributed by atoms with van der Waals surface area (Å²) in [4.78, 5) is 0. The molecule has 7 saturated heterocycles. The maximum atomic E-state index is 13.1. The third-order valence-corrected chi connectivity index (χ3v) is 23.2. The first-order valence-corrected chi connectivity index (χ1v) is 46.3. The Morgan fingerprint density at radius 3 is 0.814 bits per heavy atom. The average molecular weight is 2100 g/mol. The van der Waals surface area contributed by atoms with E-state index >= 15 is 0 Å². The number of aliphatic hydroxyl groups is 1. The van der Waals surface area contributed by atoms with Gasteiger partial charge < -0.3 is 167 Å². The molecule has 0 amide bonds. The molecule has 129 heavy (non-hydrogen) atoms. The highest BCUT2D eigenvalue weighted by molar-refractivity contribution is 7.90. The van der Waals surface area contributed by atoms with Gasteiger partial charge in [-0.15, -0.1) is 17.3 Å². The highest BCUT2D eigenvalue weighted by atomic mass is 32.3. The Bertz CT molecular complexity index is 3960. The quantitative estimate of drug-likeness (QED) is 0.0148. The van der Waals surface area contributed by atoms with E-state index < -0.39 is 359 Å². The van der Waals surface area contributed by atoms with Crippen molar-refractivity contribution < 1.29 is 297 Å². The summed E-state index contributed by atoms with van der Waals surface area (Å²) in [6, 6.07) is 0. The fourth-order valence-corrected chi connectivity index (χ4v) is 18.3. The van der Waals surface area contributed by atoms with Crippen molar-refractivity contribution in [2.24, 2.45) is 0 Å². The van der Waals surface area contributed by atoms with Crippen molar-refractivity contribution in [1.29, 1.82) is 0 Å². The summed E-state index contributed by atoms with van der Waals surface area (Å²) < 4.78 is 438. The molecule has 0 aromatic rings. The minimum atomic E-state index is -6.64. The fourth-order valence-electron chi connectivity index (χ4n) is 14.5. The lowest BCUT2D eigenvalue weighted by Gasteiger charge is -2.52. The van der Waals surface area contributed by atoms with Gasteiger partial charge in [0.15, 0.2) is 105 Å². The van der Waals surface area contributed by atoms with Crippen molar-refractivity contribution in [2.45, 2.75) is 222 Å². The molecular formula is C54H86O65S10-10. The maximum Gasteiger partial charge on any atom is 0.218 e. The summed E-state index contributed by atoms with van der Waals surface area (Å²) in [5.74, 6) is 0. The molecule has 0 radical (unpaired) electrons. The minimum absolute atomic E-state index is 0.0216. The van der Waals surface area contributed by atoms with Crippen molar-refractivity contribution in [3.8, 4) is 0 Å². The third-order valence-electron chi connectivity index (χ3n) is 19.1. The van der Waals surface area contributed by atoms with Gasteiger partial charge in [-0.2, -0.15) is 0 Å². The standard InChI is InChI=1S/C54H96O65S10/c1-20-29(81-5)38(82-6)31(21(93-20)13-78-2)101-50-44(86-10)39(83-7)32(22(94-50)14-79-3)102-51-45(87-11)40(84-8)33(23(95-51)15-80-4)103-52-46(88-12)41(85-9)34(27(99-52)19-92-124(60,61)62)104-54-47(110-128(72,73)74)42(108-126(66,67)68)35(25(97-54)17-90-121-117-113-57)105-49-37(107-125(63,64)65)28(55)30(24(96-49)16-89-120-116-112-56)100-53-48(111-129(75,76)77)43(109-127(69,70)71)36(106-123-119-115-59)26(98-53)18-91-122-118-114-58/h20-59H,13-19H2,1-12H3,(H,60,61,62)(H,63,64,65)(H,66,67,68)(H,69,70,71)(H,72,73,74)(H,75,76,77)/p-10/t20-,21?,22?,23?,24?,25?,26?,27?,28-,29?,30+,31+,32+,33+,34+,35+,36+,37?,38+,39-,40?,41?,42-,43-,44?,45?,46?,47?,48?,49-,50-,51-,52+,53-,54-/m0/s1. The molecule has 0 saturated carbocycles. The Labute approximate surface area is 750 Å². The Hall–Kier alpha value is -1.02. The first kappa shape index (κ1) is 115. The normalized spacial score (nSPS) is 37.8. The number of ether oxygens (including phenoxy) is 24. The second kappa shape index (κ2) is 54.1. The monoisotopic (exact) mass is 2090 g/mol. The van der Waals surface area contributed by atoms with Crippen LogP contribution >= 0.6 is 49.3 Å². The number of aliphatic hydroxyl groups excluding tert-OH is 1. The van der Waals surface area contributed by atoms with Crippen LogP contribution in [-0.4, -0.2) is 422 Å². The van der Waals surface area contributed by atoms with Gasteiger partial charge in [0.2, 0.25) is 62.4 Å². The Kier molecular flexibility index (Phi) is 48.2. The van der Waals surface area contributed by atoms with E-state index in [-0.39, 0.29) is 13.2 Å². The first-order chi connectivity index (χ1) is 60.9.